The molecule has 3 rings (SSSR count). The summed E-state index contributed by atoms with van der Waals surface area (Å²) in [6.07, 6.45) is 0.606. The summed E-state index contributed by atoms with van der Waals surface area (Å²) in [6, 6.07) is 21.1. The first-order valence-corrected chi connectivity index (χ1v) is 9.73. The van der Waals surface area contributed by atoms with E-state index in [0.29, 0.717) is 22.2 Å². The summed E-state index contributed by atoms with van der Waals surface area (Å²) in [6.45, 7) is 0.233. The van der Waals surface area contributed by atoms with Crippen molar-refractivity contribution in [1.29, 1.82) is 0 Å². The quantitative estimate of drug-likeness (QED) is 0.368. The van der Waals surface area contributed by atoms with E-state index >= 15 is 0 Å². The van der Waals surface area contributed by atoms with E-state index in [-0.39, 0.29) is 17.9 Å². The number of carbonyl (C=O) groups is 2. The van der Waals surface area contributed by atoms with Gasteiger partial charge in [0, 0.05) is 6.42 Å². The van der Waals surface area contributed by atoms with Gasteiger partial charge in [0.15, 0.2) is 0 Å². The normalized spacial score (nSPS) is 10.3. The molecule has 0 saturated heterocycles. The van der Waals surface area contributed by atoms with Crippen LogP contribution in [0.25, 0.3) is 0 Å². The number of halogens is 1. The maximum absolute atomic E-state index is 12.5. The van der Waals surface area contributed by atoms with Crippen molar-refractivity contribution in [2.24, 2.45) is 0 Å². The average molecular weight is 455 g/mol. The van der Waals surface area contributed by atoms with Gasteiger partial charge in [0.2, 0.25) is 0 Å². The molecular formula is C23H19BrO5. The number of esters is 2. The van der Waals surface area contributed by atoms with Gasteiger partial charge < -0.3 is 14.2 Å². The van der Waals surface area contributed by atoms with Crippen LogP contribution in [0.15, 0.2) is 77.3 Å². The van der Waals surface area contributed by atoms with Crippen LogP contribution in [0.4, 0.5) is 0 Å². The monoisotopic (exact) mass is 454 g/mol. The second kappa shape index (κ2) is 9.89. The first-order valence-electron chi connectivity index (χ1n) is 8.94. The maximum Gasteiger partial charge on any atom is 0.343 e. The van der Waals surface area contributed by atoms with Gasteiger partial charge in [-0.05, 0) is 51.8 Å². The lowest BCUT2D eigenvalue weighted by molar-refractivity contribution is 0.0504. The minimum Gasteiger partial charge on any atom is -0.496 e. The average Bonchev–Trinajstić information content (AvgIpc) is 2.74. The van der Waals surface area contributed by atoms with Crippen molar-refractivity contribution in [3.63, 3.8) is 0 Å². The van der Waals surface area contributed by atoms with Gasteiger partial charge in [0.25, 0.3) is 0 Å². The third kappa shape index (κ3) is 5.45. The van der Waals surface area contributed by atoms with E-state index in [2.05, 4.69) is 15.9 Å². The summed E-state index contributed by atoms with van der Waals surface area (Å²) in [5.41, 5.74) is 1.59. The molecule has 0 aliphatic rings. The molecule has 0 aromatic heterocycles. The number of benzene rings is 3. The molecule has 0 aliphatic heterocycles. The fourth-order valence-corrected chi connectivity index (χ4v) is 3.20. The molecule has 5 nitrogen and oxygen atoms in total. The number of ether oxygens (including phenoxy) is 3. The molecule has 0 amide bonds. The van der Waals surface area contributed by atoms with Crippen molar-refractivity contribution in [2.75, 3.05) is 13.7 Å². The molecule has 0 heterocycles. The number of para-hydroxylation sites is 1. The molecule has 0 aliphatic carbocycles. The van der Waals surface area contributed by atoms with E-state index in [9.17, 15) is 9.59 Å². The summed E-state index contributed by atoms with van der Waals surface area (Å²) in [4.78, 5) is 25.0. The third-order valence-corrected chi connectivity index (χ3v) is 4.78. The lowest BCUT2D eigenvalue weighted by Crippen LogP contribution is -2.14. The zero-order valence-corrected chi connectivity index (χ0v) is 17.3. The third-order valence-electron chi connectivity index (χ3n) is 4.16. The molecule has 0 atom stereocenters. The highest BCUT2D eigenvalue weighted by molar-refractivity contribution is 9.10. The van der Waals surface area contributed by atoms with Crippen LogP contribution >= 0.6 is 15.9 Å². The van der Waals surface area contributed by atoms with Crippen LogP contribution in [0.1, 0.15) is 26.3 Å². The molecule has 0 saturated carbocycles. The van der Waals surface area contributed by atoms with Crippen LogP contribution in [0.5, 0.6) is 11.5 Å². The second-order valence-corrected chi connectivity index (χ2v) is 6.96. The minimum atomic E-state index is -0.585. The van der Waals surface area contributed by atoms with Crippen LogP contribution in [-0.4, -0.2) is 25.7 Å². The highest BCUT2D eigenvalue weighted by Crippen LogP contribution is 2.27. The van der Waals surface area contributed by atoms with Crippen molar-refractivity contribution in [2.45, 2.75) is 6.42 Å². The van der Waals surface area contributed by atoms with E-state index in [1.165, 1.54) is 7.11 Å². The number of carbonyl (C=O) groups excluding carboxylic acids is 2. The van der Waals surface area contributed by atoms with Crippen molar-refractivity contribution < 1.29 is 23.8 Å². The number of hydrogen-bond acceptors (Lipinski definition) is 5. The van der Waals surface area contributed by atoms with Gasteiger partial charge in [-0.1, -0.05) is 42.5 Å². The predicted octanol–water partition coefficient (Wildman–Crippen LogP) is 5.08. The highest BCUT2D eigenvalue weighted by atomic mass is 79.9. The molecule has 148 valence electrons. The lowest BCUT2D eigenvalue weighted by atomic mass is 10.1. The number of rotatable bonds is 7. The Bertz CT molecular complexity index is 1000. The summed E-state index contributed by atoms with van der Waals surface area (Å²) >= 11 is 3.34. The number of methoxy groups -OCH3 is 1. The zero-order chi connectivity index (χ0) is 20.6. The molecule has 3 aromatic carbocycles. The van der Waals surface area contributed by atoms with Gasteiger partial charge in [0.05, 0.1) is 23.8 Å². The molecule has 0 bridgehead atoms. The van der Waals surface area contributed by atoms with E-state index in [1.54, 1.807) is 42.5 Å². The van der Waals surface area contributed by atoms with Crippen molar-refractivity contribution >= 4 is 27.9 Å². The molecule has 0 unspecified atom stereocenters. The van der Waals surface area contributed by atoms with Crippen molar-refractivity contribution in [1.82, 2.24) is 0 Å². The molecule has 0 radical (unpaired) electrons. The fourth-order valence-electron chi connectivity index (χ4n) is 2.66. The standard InChI is InChI=1S/C23H19BrO5/c1-27-21-12-11-17(15-19(21)24)22(25)29-20-10-6-5-9-18(20)23(26)28-14-13-16-7-3-2-4-8-16/h2-12,15H,13-14H2,1H3. The van der Waals surface area contributed by atoms with Gasteiger partial charge in [-0.2, -0.15) is 0 Å². The maximum atomic E-state index is 12.5. The highest BCUT2D eigenvalue weighted by Gasteiger charge is 2.18. The lowest BCUT2D eigenvalue weighted by Gasteiger charge is -2.11. The van der Waals surface area contributed by atoms with Gasteiger partial charge in [-0.3, -0.25) is 0 Å². The first-order chi connectivity index (χ1) is 14.1. The Hall–Kier alpha value is -3.12. The Balaban J connectivity index is 1.67. The van der Waals surface area contributed by atoms with E-state index < -0.39 is 11.9 Å². The largest absolute Gasteiger partial charge is 0.496 e. The topological polar surface area (TPSA) is 61.8 Å². The van der Waals surface area contributed by atoms with Crippen LogP contribution in [-0.2, 0) is 11.2 Å². The Morgan fingerprint density at radius 2 is 1.59 bits per heavy atom. The van der Waals surface area contributed by atoms with E-state index in [0.717, 1.165) is 5.56 Å². The Morgan fingerprint density at radius 3 is 2.31 bits per heavy atom. The molecule has 3 aromatic rings. The second-order valence-electron chi connectivity index (χ2n) is 6.11. The molecule has 29 heavy (non-hydrogen) atoms. The van der Waals surface area contributed by atoms with Crippen LogP contribution in [0, 0.1) is 0 Å². The van der Waals surface area contributed by atoms with Gasteiger partial charge in [-0.15, -0.1) is 0 Å². The summed E-state index contributed by atoms with van der Waals surface area (Å²) in [5, 5.41) is 0. The van der Waals surface area contributed by atoms with Gasteiger partial charge in [-0.25, -0.2) is 9.59 Å². The SMILES string of the molecule is COc1ccc(C(=O)Oc2ccccc2C(=O)OCCc2ccccc2)cc1Br. The van der Waals surface area contributed by atoms with Gasteiger partial charge in [0.1, 0.15) is 17.1 Å². The zero-order valence-electron chi connectivity index (χ0n) is 15.8. The Labute approximate surface area is 177 Å². The summed E-state index contributed by atoms with van der Waals surface area (Å²) < 4.78 is 16.6. The molecular weight excluding hydrogens is 436 g/mol. The fraction of sp³-hybridized carbons (Fsp3) is 0.130. The first kappa shape index (κ1) is 20.6. The summed E-state index contributed by atoms with van der Waals surface area (Å²) in [7, 11) is 1.54. The summed E-state index contributed by atoms with van der Waals surface area (Å²) in [5.74, 6) is -0.378. The predicted molar refractivity (Wildman–Crippen MR) is 113 cm³/mol. The molecule has 0 N–H and O–H groups in total. The van der Waals surface area contributed by atoms with Crippen molar-refractivity contribution in [3.05, 3.63) is 94.0 Å². The Kier molecular flexibility index (Phi) is 7.03. The van der Waals surface area contributed by atoms with Crippen LogP contribution in [0.3, 0.4) is 0 Å². The van der Waals surface area contributed by atoms with E-state index in [1.807, 2.05) is 30.3 Å². The Morgan fingerprint density at radius 1 is 0.862 bits per heavy atom. The molecule has 0 spiro atoms. The van der Waals surface area contributed by atoms with E-state index in [4.69, 9.17) is 14.2 Å². The number of hydrogen-bond donors (Lipinski definition) is 0. The smallest absolute Gasteiger partial charge is 0.343 e. The molecule has 0 fully saturated rings. The van der Waals surface area contributed by atoms with Gasteiger partial charge >= 0.3 is 11.9 Å². The van der Waals surface area contributed by atoms with Crippen LogP contribution in [0.2, 0.25) is 0 Å². The molecule has 6 heteroatoms. The minimum absolute atomic E-state index is 0.147. The van der Waals surface area contributed by atoms with Crippen LogP contribution < -0.4 is 9.47 Å². The van der Waals surface area contributed by atoms with Crippen molar-refractivity contribution in [3.8, 4) is 11.5 Å².